The van der Waals surface area contributed by atoms with Crippen LogP contribution in [0.5, 0.6) is 0 Å². The Hall–Kier alpha value is -3.23. The number of nitrogens with zero attached hydrogens (tertiary/aromatic N) is 2. The molecule has 0 saturated carbocycles. The molecule has 1 aromatic rings. The Morgan fingerprint density at radius 1 is 1.03 bits per heavy atom. The second kappa shape index (κ2) is 10.9. The first-order valence-electron chi connectivity index (χ1n) is 9.58. The summed E-state index contributed by atoms with van der Waals surface area (Å²) < 4.78 is 0. The van der Waals surface area contributed by atoms with Crippen molar-refractivity contribution in [3.05, 3.63) is 29.8 Å². The van der Waals surface area contributed by atoms with Crippen LogP contribution in [-0.2, 0) is 19.2 Å². The maximum Gasteiger partial charge on any atom is 0.333 e. The van der Waals surface area contributed by atoms with E-state index < -0.39 is 17.8 Å². The van der Waals surface area contributed by atoms with E-state index in [1.165, 1.54) is 0 Å². The van der Waals surface area contributed by atoms with Crippen molar-refractivity contribution >= 4 is 35.1 Å². The van der Waals surface area contributed by atoms with Gasteiger partial charge >= 0.3 is 5.97 Å². The Morgan fingerprint density at radius 3 is 2.31 bits per heavy atom. The number of unbranched alkanes of at least 4 members (excludes halogenated alkanes) is 2. The van der Waals surface area contributed by atoms with Gasteiger partial charge in [0, 0.05) is 37.1 Å². The maximum absolute atomic E-state index is 12.1. The lowest BCUT2D eigenvalue weighted by molar-refractivity contribution is -0.197. The van der Waals surface area contributed by atoms with E-state index in [0.717, 1.165) is 11.4 Å². The summed E-state index contributed by atoms with van der Waals surface area (Å²) in [6, 6.07) is 7.00. The molecule has 9 heteroatoms. The van der Waals surface area contributed by atoms with Gasteiger partial charge in [0.05, 0.1) is 5.69 Å². The number of imide groups is 1. The fraction of sp³-hybridized carbons (Fsp3) is 0.450. The molecule has 29 heavy (non-hydrogen) atoms. The second-order valence-electron chi connectivity index (χ2n) is 6.86. The summed E-state index contributed by atoms with van der Waals surface area (Å²) in [5, 5.41) is 7.47. The van der Waals surface area contributed by atoms with Crippen LogP contribution in [0.25, 0.3) is 0 Å². The van der Waals surface area contributed by atoms with Gasteiger partial charge in [0.25, 0.3) is 17.7 Å². The largest absolute Gasteiger partial charge is 0.352 e. The van der Waals surface area contributed by atoms with Crippen LogP contribution in [0.15, 0.2) is 29.4 Å². The van der Waals surface area contributed by atoms with Gasteiger partial charge in [-0.1, -0.05) is 6.42 Å². The van der Waals surface area contributed by atoms with E-state index in [4.69, 9.17) is 4.84 Å². The van der Waals surface area contributed by atoms with Crippen molar-refractivity contribution in [1.82, 2.24) is 10.4 Å². The number of anilines is 1. The van der Waals surface area contributed by atoms with Crippen molar-refractivity contribution in [3.63, 3.8) is 0 Å². The second-order valence-corrected chi connectivity index (χ2v) is 6.86. The van der Waals surface area contributed by atoms with Crippen LogP contribution in [0.4, 0.5) is 5.69 Å². The normalized spacial score (nSPS) is 13.2. The predicted molar refractivity (Wildman–Crippen MR) is 107 cm³/mol. The number of benzene rings is 1. The predicted octanol–water partition coefficient (Wildman–Crippen LogP) is 2.39. The highest BCUT2D eigenvalue weighted by molar-refractivity contribution is 6.01. The third kappa shape index (κ3) is 7.36. The first-order valence-corrected chi connectivity index (χ1v) is 9.58. The number of carbonyl (C=O) groups is 4. The van der Waals surface area contributed by atoms with E-state index in [2.05, 4.69) is 15.8 Å². The highest BCUT2D eigenvalue weighted by Gasteiger charge is 2.32. The highest BCUT2D eigenvalue weighted by Crippen LogP contribution is 2.13. The average molecular weight is 402 g/mol. The topological polar surface area (TPSA) is 117 Å². The van der Waals surface area contributed by atoms with Crippen LogP contribution in [0.1, 0.15) is 62.7 Å². The lowest BCUT2D eigenvalue weighted by Crippen LogP contribution is -2.31. The Bertz CT molecular complexity index is 769. The average Bonchev–Trinajstić information content (AvgIpc) is 3.01. The summed E-state index contributed by atoms with van der Waals surface area (Å²) in [4.78, 5) is 51.3. The molecule has 156 valence electrons. The van der Waals surface area contributed by atoms with Crippen molar-refractivity contribution in [2.24, 2.45) is 5.10 Å². The van der Waals surface area contributed by atoms with E-state index in [9.17, 15) is 19.2 Å². The minimum atomic E-state index is -0.603. The van der Waals surface area contributed by atoms with Crippen LogP contribution in [0.2, 0.25) is 0 Å². The number of hydrazone groups is 1. The van der Waals surface area contributed by atoms with E-state index >= 15 is 0 Å². The standard InChI is InChI=1S/C20H26N4O5/c1-14(2)22-23-16-9-7-15(8-10-16)20(28)21-13-5-3-4-6-19(27)29-24-17(25)11-12-18(24)26/h7-10,23H,3-6,11-13H2,1-2H3,(H,21,28). The molecular weight excluding hydrogens is 376 g/mol. The molecule has 1 heterocycles. The molecule has 9 nitrogen and oxygen atoms in total. The number of hydrogen-bond acceptors (Lipinski definition) is 7. The first kappa shape index (κ1) is 22.1. The molecule has 1 saturated heterocycles. The molecule has 0 spiro atoms. The van der Waals surface area contributed by atoms with Gasteiger partial charge in [0.15, 0.2) is 0 Å². The van der Waals surface area contributed by atoms with Crippen molar-refractivity contribution in [2.75, 3.05) is 12.0 Å². The minimum absolute atomic E-state index is 0.0808. The number of hydroxylamine groups is 2. The van der Waals surface area contributed by atoms with Gasteiger partial charge in [-0.25, -0.2) is 4.79 Å². The summed E-state index contributed by atoms with van der Waals surface area (Å²) in [5.41, 5.74) is 5.14. The Kier molecular flexibility index (Phi) is 8.32. The number of nitrogens with one attached hydrogen (secondary N) is 2. The van der Waals surface area contributed by atoms with Gasteiger partial charge in [-0.2, -0.15) is 5.10 Å². The first-order chi connectivity index (χ1) is 13.9. The highest BCUT2D eigenvalue weighted by atomic mass is 16.7. The molecular formula is C20H26N4O5. The Morgan fingerprint density at radius 2 is 1.69 bits per heavy atom. The molecule has 0 aliphatic carbocycles. The summed E-state index contributed by atoms with van der Waals surface area (Å²) in [7, 11) is 0. The van der Waals surface area contributed by atoms with Crippen molar-refractivity contribution in [1.29, 1.82) is 0 Å². The summed E-state index contributed by atoms with van der Waals surface area (Å²) >= 11 is 0. The molecule has 3 amide bonds. The van der Waals surface area contributed by atoms with Crippen LogP contribution in [-0.4, -0.2) is 41.0 Å². The molecule has 0 bridgehead atoms. The Labute approximate surface area is 169 Å². The lowest BCUT2D eigenvalue weighted by Gasteiger charge is -2.12. The fourth-order valence-electron chi connectivity index (χ4n) is 2.55. The molecule has 1 aliphatic rings. The molecule has 0 aromatic heterocycles. The molecule has 1 aromatic carbocycles. The van der Waals surface area contributed by atoms with Crippen molar-refractivity contribution in [2.45, 2.75) is 52.4 Å². The van der Waals surface area contributed by atoms with Gasteiger partial charge < -0.3 is 10.2 Å². The lowest BCUT2D eigenvalue weighted by atomic mass is 10.1. The summed E-state index contributed by atoms with van der Waals surface area (Å²) in [6.45, 7) is 4.25. The van der Waals surface area contributed by atoms with Gasteiger partial charge in [0.1, 0.15) is 0 Å². The molecule has 1 aliphatic heterocycles. The molecule has 2 rings (SSSR count). The van der Waals surface area contributed by atoms with Crippen molar-refractivity contribution < 1.29 is 24.0 Å². The van der Waals surface area contributed by atoms with E-state index in [-0.39, 0.29) is 25.2 Å². The molecule has 0 atom stereocenters. The molecule has 2 N–H and O–H groups in total. The monoisotopic (exact) mass is 402 g/mol. The third-order valence-corrected chi connectivity index (χ3v) is 4.10. The maximum atomic E-state index is 12.1. The minimum Gasteiger partial charge on any atom is -0.352 e. The number of amides is 3. The number of carbonyl (C=O) groups excluding carboxylic acids is 4. The zero-order chi connectivity index (χ0) is 21.2. The van der Waals surface area contributed by atoms with E-state index in [1.807, 2.05) is 13.8 Å². The molecule has 0 unspecified atom stereocenters. The number of hydrogen-bond donors (Lipinski definition) is 2. The number of rotatable bonds is 10. The van der Waals surface area contributed by atoms with Crippen LogP contribution in [0, 0.1) is 0 Å². The molecule has 1 fully saturated rings. The SMILES string of the molecule is CC(C)=NNc1ccc(C(=O)NCCCCCC(=O)ON2C(=O)CCC2=O)cc1. The van der Waals surface area contributed by atoms with Gasteiger partial charge in [-0.15, -0.1) is 5.06 Å². The van der Waals surface area contributed by atoms with E-state index in [0.29, 0.717) is 36.4 Å². The third-order valence-electron chi connectivity index (χ3n) is 4.10. The quantitative estimate of drug-likeness (QED) is 0.269. The summed E-state index contributed by atoms with van der Waals surface area (Å²) in [5.74, 6) is -1.74. The zero-order valence-electron chi connectivity index (χ0n) is 16.7. The van der Waals surface area contributed by atoms with E-state index in [1.54, 1.807) is 24.3 Å². The zero-order valence-corrected chi connectivity index (χ0v) is 16.7. The van der Waals surface area contributed by atoms with Crippen molar-refractivity contribution in [3.8, 4) is 0 Å². The van der Waals surface area contributed by atoms with Gasteiger partial charge in [-0.3, -0.25) is 19.8 Å². The van der Waals surface area contributed by atoms with Crippen LogP contribution >= 0.6 is 0 Å². The van der Waals surface area contributed by atoms with Crippen LogP contribution in [0.3, 0.4) is 0 Å². The fourth-order valence-corrected chi connectivity index (χ4v) is 2.55. The summed E-state index contributed by atoms with van der Waals surface area (Å²) in [6.07, 6.45) is 2.22. The van der Waals surface area contributed by atoms with Gasteiger partial charge in [-0.05, 0) is 51.0 Å². The molecule has 0 radical (unpaired) electrons. The van der Waals surface area contributed by atoms with Gasteiger partial charge in [0.2, 0.25) is 0 Å². The van der Waals surface area contributed by atoms with Crippen LogP contribution < -0.4 is 10.7 Å². The smallest absolute Gasteiger partial charge is 0.333 e. The Balaban J connectivity index is 1.59.